The van der Waals surface area contributed by atoms with Gasteiger partial charge in [0.15, 0.2) is 0 Å². The van der Waals surface area contributed by atoms with Gasteiger partial charge in [-0.1, -0.05) is 11.6 Å². The fraction of sp³-hybridized carbons (Fsp3) is 0.571. The van der Waals surface area contributed by atoms with Crippen LogP contribution in [0.15, 0.2) is 17.0 Å². The molecule has 0 aromatic heterocycles. The van der Waals surface area contributed by atoms with Crippen molar-refractivity contribution in [2.45, 2.75) is 55.6 Å². The maximum atomic E-state index is 12.6. The molecule has 2 heterocycles. The minimum Gasteiger partial charge on any atom is -0.311 e. The lowest BCUT2D eigenvalue weighted by atomic mass is 10.0. The highest BCUT2D eigenvalue weighted by Crippen LogP contribution is 2.34. The van der Waals surface area contributed by atoms with Gasteiger partial charge in [-0.3, -0.25) is 10.1 Å². The zero-order chi connectivity index (χ0) is 16.8. The quantitative estimate of drug-likeness (QED) is 0.602. The number of halogens is 2. The van der Waals surface area contributed by atoms with Gasteiger partial charge >= 0.3 is 0 Å². The summed E-state index contributed by atoms with van der Waals surface area (Å²) in [5.74, 6) is 0. The molecule has 1 aromatic carbocycles. The number of piperidine rings is 1. The lowest BCUT2D eigenvalue weighted by Gasteiger charge is -2.29. The second-order valence-corrected chi connectivity index (χ2v) is 8.34. The van der Waals surface area contributed by atoms with Crippen LogP contribution in [0.3, 0.4) is 0 Å². The number of nitro groups is 1. The Bertz CT molecular complexity index is 745. The van der Waals surface area contributed by atoms with E-state index in [4.69, 9.17) is 11.6 Å². The first-order chi connectivity index (χ1) is 10.8. The third-order valence-corrected chi connectivity index (χ3v) is 6.50. The molecule has 3 rings (SSSR count). The largest absolute Gasteiger partial charge is 0.311 e. The maximum Gasteiger partial charge on any atom is 0.289 e. The number of benzene rings is 1. The van der Waals surface area contributed by atoms with Crippen LogP contribution in [0.4, 0.5) is 5.69 Å². The number of nitrogens with zero attached hydrogens (tertiary/aromatic N) is 1. The Balaban J connectivity index is 0.00000208. The van der Waals surface area contributed by atoms with Gasteiger partial charge in [0, 0.05) is 24.2 Å². The average Bonchev–Trinajstić information content (AvgIpc) is 2.79. The van der Waals surface area contributed by atoms with Crippen molar-refractivity contribution < 1.29 is 13.3 Å². The van der Waals surface area contributed by atoms with E-state index in [0.29, 0.717) is 17.6 Å². The van der Waals surface area contributed by atoms with Crippen LogP contribution >= 0.6 is 24.0 Å². The number of nitro benzene ring substituents is 1. The molecule has 2 atom stereocenters. The molecule has 0 aliphatic carbocycles. The van der Waals surface area contributed by atoms with E-state index in [9.17, 15) is 18.5 Å². The molecule has 1 aromatic rings. The minimum atomic E-state index is -3.90. The minimum absolute atomic E-state index is 0. The van der Waals surface area contributed by atoms with Crippen molar-refractivity contribution in [2.75, 3.05) is 0 Å². The number of rotatable bonds is 4. The van der Waals surface area contributed by atoms with Crippen LogP contribution in [0.2, 0.25) is 5.02 Å². The third kappa shape index (κ3) is 3.83. The van der Waals surface area contributed by atoms with Gasteiger partial charge in [0.05, 0.1) is 4.92 Å². The van der Waals surface area contributed by atoms with Crippen LogP contribution in [0.25, 0.3) is 0 Å². The van der Waals surface area contributed by atoms with Crippen molar-refractivity contribution in [3.63, 3.8) is 0 Å². The van der Waals surface area contributed by atoms with Crippen LogP contribution in [-0.2, 0) is 10.0 Å². The predicted molar refractivity (Wildman–Crippen MR) is 93.4 cm³/mol. The Hall–Kier alpha value is -0.930. The van der Waals surface area contributed by atoms with Crippen LogP contribution in [0.1, 0.15) is 31.2 Å². The van der Waals surface area contributed by atoms with Gasteiger partial charge in [-0.25, -0.2) is 13.1 Å². The molecular weight excluding hydrogens is 377 g/mol. The van der Waals surface area contributed by atoms with Gasteiger partial charge in [-0.05, 0) is 44.2 Å². The molecule has 2 unspecified atom stereocenters. The fourth-order valence-electron chi connectivity index (χ4n) is 3.48. The zero-order valence-corrected chi connectivity index (χ0v) is 15.4. The first kappa shape index (κ1) is 19.4. The lowest BCUT2D eigenvalue weighted by molar-refractivity contribution is -0.385. The molecule has 0 saturated carbocycles. The van der Waals surface area contributed by atoms with Crippen molar-refractivity contribution in [2.24, 2.45) is 0 Å². The molecule has 0 spiro atoms. The predicted octanol–water partition coefficient (Wildman–Crippen LogP) is 2.54. The summed E-state index contributed by atoms with van der Waals surface area (Å²) in [6, 6.07) is 3.14. The van der Waals surface area contributed by atoms with E-state index in [0.717, 1.165) is 25.7 Å². The Morgan fingerprint density at radius 2 is 1.88 bits per heavy atom. The van der Waals surface area contributed by atoms with Crippen LogP contribution < -0.4 is 10.0 Å². The van der Waals surface area contributed by atoms with Crippen molar-refractivity contribution in [3.05, 3.63) is 32.8 Å². The van der Waals surface area contributed by atoms with E-state index in [1.165, 1.54) is 12.1 Å². The van der Waals surface area contributed by atoms with Gasteiger partial charge in [-0.2, -0.15) is 0 Å². The first-order valence-electron chi connectivity index (χ1n) is 7.49. The summed E-state index contributed by atoms with van der Waals surface area (Å²) in [7, 11) is -3.90. The van der Waals surface area contributed by atoms with Gasteiger partial charge in [0.1, 0.15) is 9.92 Å². The molecule has 2 N–H and O–H groups in total. The molecular formula is C14H19Cl2N3O4S. The molecule has 2 fully saturated rings. The number of hydrogen-bond donors (Lipinski definition) is 2. The highest BCUT2D eigenvalue weighted by molar-refractivity contribution is 7.89. The molecule has 0 radical (unpaired) electrons. The highest BCUT2D eigenvalue weighted by atomic mass is 35.5. The van der Waals surface area contributed by atoms with E-state index in [2.05, 4.69) is 10.0 Å². The number of hydrogen-bond acceptors (Lipinski definition) is 5. The fourth-order valence-corrected chi connectivity index (χ4v) is 5.40. The van der Waals surface area contributed by atoms with Crippen LogP contribution in [-0.4, -0.2) is 31.5 Å². The second-order valence-electron chi connectivity index (χ2n) is 6.28. The summed E-state index contributed by atoms with van der Waals surface area (Å²) < 4.78 is 28.0. The average molecular weight is 396 g/mol. The van der Waals surface area contributed by atoms with Gasteiger partial charge in [-0.15, -0.1) is 12.4 Å². The molecule has 2 bridgehead atoms. The van der Waals surface area contributed by atoms with Gasteiger partial charge in [0.25, 0.3) is 5.69 Å². The lowest BCUT2D eigenvalue weighted by Crippen LogP contribution is -2.47. The Morgan fingerprint density at radius 3 is 2.42 bits per heavy atom. The summed E-state index contributed by atoms with van der Waals surface area (Å²) in [5.41, 5.74) is 0.0873. The van der Waals surface area contributed by atoms with Crippen LogP contribution in [0.5, 0.6) is 0 Å². The Kier molecular flexibility index (Phi) is 5.76. The number of nitrogens with one attached hydrogen (secondary N) is 2. The first-order valence-corrected chi connectivity index (χ1v) is 9.35. The zero-order valence-electron chi connectivity index (χ0n) is 13.0. The summed E-state index contributed by atoms with van der Waals surface area (Å²) in [5, 5.41) is 14.1. The molecule has 0 amide bonds. The van der Waals surface area contributed by atoms with Crippen molar-refractivity contribution in [1.82, 2.24) is 10.0 Å². The van der Waals surface area contributed by atoms with Gasteiger partial charge < -0.3 is 5.32 Å². The van der Waals surface area contributed by atoms with Crippen molar-refractivity contribution >= 4 is 39.7 Å². The van der Waals surface area contributed by atoms with E-state index in [-0.39, 0.29) is 28.4 Å². The molecule has 2 saturated heterocycles. The topological polar surface area (TPSA) is 101 Å². The third-order valence-electron chi connectivity index (χ3n) is 4.45. The van der Waals surface area contributed by atoms with E-state index < -0.39 is 20.6 Å². The monoisotopic (exact) mass is 395 g/mol. The summed E-state index contributed by atoms with van der Waals surface area (Å²) in [6.45, 7) is 1.60. The Morgan fingerprint density at radius 1 is 1.29 bits per heavy atom. The second kappa shape index (κ2) is 7.13. The standard InChI is InChI=1S/C14H18ClN3O4S.ClH/c1-8-4-12(18(19)20)14(15)13(5-8)23(21,22)17-11-6-9-2-3-10(7-11)16-9;/h4-5,9-11,16-17H,2-3,6-7H2,1H3;1H. The van der Waals surface area contributed by atoms with Crippen molar-refractivity contribution in [3.8, 4) is 0 Å². The number of aryl methyl sites for hydroxylation is 1. The molecule has 2 aliphatic rings. The number of fused-ring (bicyclic) bond motifs is 2. The van der Waals surface area contributed by atoms with Crippen molar-refractivity contribution in [1.29, 1.82) is 0 Å². The number of sulfonamides is 1. The summed E-state index contributed by atoms with van der Waals surface area (Å²) in [6.07, 6.45) is 3.56. The molecule has 7 nitrogen and oxygen atoms in total. The molecule has 2 aliphatic heterocycles. The molecule has 134 valence electrons. The smallest absolute Gasteiger partial charge is 0.289 e. The normalized spacial score (nSPS) is 26.0. The van der Waals surface area contributed by atoms with E-state index >= 15 is 0 Å². The SMILES string of the molecule is Cc1cc([N+](=O)[O-])c(Cl)c(S(=O)(=O)NC2CC3CCC(C2)N3)c1.Cl. The summed E-state index contributed by atoms with van der Waals surface area (Å²) >= 11 is 5.97. The van der Waals surface area contributed by atoms with Gasteiger partial charge in [0.2, 0.25) is 10.0 Å². The summed E-state index contributed by atoms with van der Waals surface area (Å²) in [4.78, 5) is 10.1. The van der Waals surface area contributed by atoms with E-state index in [1.807, 2.05) is 0 Å². The van der Waals surface area contributed by atoms with E-state index in [1.54, 1.807) is 6.92 Å². The van der Waals surface area contributed by atoms with Crippen LogP contribution in [0, 0.1) is 17.0 Å². The molecule has 24 heavy (non-hydrogen) atoms. The Labute approximate surface area is 151 Å². The molecule has 10 heteroatoms. The maximum absolute atomic E-state index is 12.6. The highest BCUT2D eigenvalue weighted by Gasteiger charge is 2.36.